The summed E-state index contributed by atoms with van der Waals surface area (Å²) < 4.78 is 4.92. The van der Waals surface area contributed by atoms with Crippen LogP contribution in [0.5, 0.6) is 0 Å². The summed E-state index contributed by atoms with van der Waals surface area (Å²) in [4.78, 5) is 28.1. The van der Waals surface area contributed by atoms with Crippen molar-refractivity contribution in [3.8, 4) is 0 Å². The average molecular weight is 369 g/mol. The summed E-state index contributed by atoms with van der Waals surface area (Å²) in [5.74, 6) is 0.339. The first kappa shape index (κ1) is 17.4. The molecule has 1 aromatic carbocycles. The lowest BCUT2D eigenvalue weighted by molar-refractivity contribution is 0.193. The number of urea groups is 2. The number of hydrogen-bond donors (Lipinski definition) is 2. The normalized spacial score (nSPS) is 17.9. The lowest BCUT2D eigenvalue weighted by atomic mass is 9.94. The highest BCUT2D eigenvalue weighted by Gasteiger charge is 2.26. The molecule has 8 heteroatoms. The molecular weight excluding hydrogens is 346 g/mol. The second-order valence-corrected chi connectivity index (χ2v) is 7.00. The fourth-order valence-corrected chi connectivity index (χ4v) is 3.64. The van der Waals surface area contributed by atoms with Gasteiger partial charge in [-0.25, -0.2) is 9.59 Å². The molecule has 0 aliphatic carbocycles. The molecule has 27 heavy (non-hydrogen) atoms. The first-order valence-electron chi connectivity index (χ1n) is 9.24. The van der Waals surface area contributed by atoms with E-state index in [1.54, 1.807) is 11.2 Å². The highest BCUT2D eigenvalue weighted by atomic mass is 16.5. The number of likely N-dealkylation sites (tertiary alicyclic amines) is 1. The summed E-state index contributed by atoms with van der Waals surface area (Å²) in [6.07, 6.45) is 3.32. The molecule has 0 unspecified atom stereocenters. The Labute approximate surface area is 157 Å². The van der Waals surface area contributed by atoms with E-state index in [0.717, 1.165) is 35.5 Å². The number of benzene rings is 1. The van der Waals surface area contributed by atoms with E-state index in [0.29, 0.717) is 32.1 Å². The minimum atomic E-state index is -0.111. The molecular formula is C19H23N5O3. The Hall–Kier alpha value is -3.03. The molecule has 4 rings (SSSR count). The Morgan fingerprint density at radius 1 is 1.26 bits per heavy atom. The van der Waals surface area contributed by atoms with Gasteiger partial charge in [-0.05, 0) is 37.5 Å². The van der Waals surface area contributed by atoms with Crippen molar-refractivity contribution in [3.63, 3.8) is 0 Å². The van der Waals surface area contributed by atoms with Crippen molar-refractivity contribution in [2.75, 3.05) is 36.4 Å². The summed E-state index contributed by atoms with van der Waals surface area (Å²) in [7, 11) is 0. The van der Waals surface area contributed by atoms with Crippen LogP contribution in [0.25, 0.3) is 0 Å². The highest BCUT2D eigenvalue weighted by molar-refractivity contribution is 5.96. The molecule has 2 N–H and O–H groups in total. The molecule has 2 aliphatic rings. The maximum Gasteiger partial charge on any atom is 0.321 e. The Balaban J connectivity index is 1.40. The van der Waals surface area contributed by atoms with E-state index in [4.69, 9.17) is 4.52 Å². The van der Waals surface area contributed by atoms with E-state index in [1.165, 1.54) is 0 Å². The first-order valence-corrected chi connectivity index (χ1v) is 9.24. The zero-order valence-electron chi connectivity index (χ0n) is 15.3. The largest absolute Gasteiger partial charge is 0.365 e. The highest BCUT2D eigenvalue weighted by Crippen LogP contribution is 2.28. The number of carbonyl (C=O) groups excluding carboxylic acids is 2. The van der Waals surface area contributed by atoms with Gasteiger partial charge >= 0.3 is 12.1 Å². The molecule has 0 radical (unpaired) electrons. The van der Waals surface area contributed by atoms with Gasteiger partial charge < -0.3 is 20.1 Å². The molecule has 1 aromatic heterocycles. The van der Waals surface area contributed by atoms with Gasteiger partial charge in [-0.15, -0.1) is 0 Å². The molecule has 3 heterocycles. The van der Waals surface area contributed by atoms with Crippen molar-refractivity contribution in [2.45, 2.75) is 25.7 Å². The second kappa shape index (κ2) is 7.30. The lowest BCUT2D eigenvalue weighted by Crippen LogP contribution is -2.40. The molecule has 2 aromatic rings. The van der Waals surface area contributed by atoms with Crippen LogP contribution >= 0.6 is 0 Å². The van der Waals surface area contributed by atoms with Crippen LogP contribution in [0, 0.1) is 6.92 Å². The third-order valence-corrected chi connectivity index (χ3v) is 5.29. The molecule has 2 fully saturated rings. The Morgan fingerprint density at radius 3 is 2.74 bits per heavy atom. The monoisotopic (exact) mass is 369 g/mol. The predicted molar refractivity (Wildman–Crippen MR) is 101 cm³/mol. The molecule has 0 atom stereocenters. The number of nitrogens with zero attached hydrogens (tertiary/aromatic N) is 3. The predicted octanol–water partition coefficient (Wildman–Crippen LogP) is 2.92. The second-order valence-electron chi connectivity index (χ2n) is 7.00. The average Bonchev–Trinajstić information content (AvgIpc) is 3.35. The van der Waals surface area contributed by atoms with Crippen LogP contribution in [0.2, 0.25) is 0 Å². The Morgan fingerprint density at radius 2 is 2.07 bits per heavy atom. The summed E-state index contributed by atoms with van der Waals surface area (Å²) in [6.45, 7) is 4.56. The van der Waals surface area contributed by atoms with Gasteiger partial charge in [-0.3, -0.25) is 4.90 Å². The summed E-state index contributed by atoms with van der Waals surface area (Å²) in [5, 5.41) is 9.80. The summed E-state index contributed by atoms with van der Waals surface area (Å²) >= 11 is 0. The van der Waals surface area contributed by atoms with Crippen LogP contribution < -0.4 is 15.5 Å². The minimum absolute atomic E-state index is 0.106. The Bertz CT molecular complexity index is 828. The molecule has 0 saturated carbocycles. The Kier molecular flexibility index (Phi) is 4.70. The molecule has 2 aliphatic heterocycles. The fourth-order valence-electron chi connectivity index (χ4n) is 3.64. The fraction of sp³-hybridized carbons (Fsp3) is 0.421. The van der Waals surface area contributed by atoms with Crippen LogP contribution in [0.1, 0.15) is 30.0 Å². The lowest BCUT2D eigenvalue weighted by Gasteiger charge is -2.31. The van der Waals surface area contributed by atoms with Crippen molar-refractivity contribution in [1.82, 2.24) is 15.4 Å². The standard InChI is InChI=1S/C19H23N5O3/c1-13-2-3-15(24-10-7-20-18(24)25)12-17(13)21-19(26)23-8-4-14(5-9-23)16-6-11-27-22-16/h2-3,6,11-12,14H,4-5,7-10H2,1H3,(H,20,25)(H,21,26). The van der Waals surface area contributed by atoms with Gasteiger partial charge in [-0.2, -0.15) is 0 Å². The number of nitrogens with one attached hydrogen (secondary N) is 2. The quantitative estimate of drug-likeness (QED) is 0.870. The number of amides is 4. The van der Waals surface area contributed by atoms with Gasteiger partial charge in [0.05, 0.1) is 5.69 Å². The molecule has 0 spiro atoms. The topological polar surface area (TPSA) is 90.7 Å². The number of aromatic nitrogens is 1. The number of piperidine rings is 1. The van der Waals surface area contributed by atoms with Gasteiger partial charge in [0.25, 0.3) is 0 Å². The van der Waals surface area contributed by atoms with E-state index < -0.39 is 0 Å². The van der Waals surface area contributed by atoms with Crippen molar-refractivity contribution in [3.05, 3.63) is 41.8 Å². The third-order valence-electron chi connectivity index (χ3n) is 5.29. The molecule has 8 nitrogen and oxygen atoms in total. The minimum Gasteiger partial charge on any atom is -0.365 e. The number of aryl methyl sites for hydroxylation is 1. The SMILES string of the molecule is Cc1ccc(N2CCNC2=O)cc1NC(=O)N1CCC(c2ccon2)CC1. The van der Waals surface area contributed by atoms with E-state index >= 15 is 0 Å². The van der Waals surface area contributed by atoms with Gasteiger partial charge in [-0.1, -0.05) is 11.2 Å². The number of hydrogen-bond acceptors (Lipinski definition) is 4. The van der Waals surface area contributed by atoms with Crippen molar-refractivity contribution < 1.29 is 14.1 Å². The van der Waals surface area contributed by atoms with Crippen molar-refractivity contribution >= 4 is 23.4 Å². The third kappa shape index (κ3) is 3.60. The number of carbonyl (C=O) groups is 2. The number of anilines is 2. The molecule has 0 bridgehead atoms. The molecule has 142 valence electrons. The van der Waals surface area contributed by atoms with Crippen molar-refractivity contribution in [2.24, 2.45) is 0 Å². The summed E-state index contributed by atoms with van der Waals surface area (Å²) in [5.41, 5.74) is 3.44. The van der Waals surface area contributed by atoms with Crippen LogP contribution in [0.15, 0.2) is 35.1 Å². The maximum absolute atomic E-state index is 12.7. The zero-order chi connectivity index (χ0) is 18.8. The van der Waals surface area contributed by atoms with E-state index in [-0.39, 0.29) is 12.1 Å². The first-order chi connectivity index (χ1) is 13.1. The van der Waals surface area contributed by atoms with Crippen molar-refractivity contribution in [1.29, 1.82) is 0 Å². The van der Waals surface area contributed by atoms with Gasteiger partial charge in [0.15, 0.2) is 0 Å². The summed E-state index contributed by atoms with van der Waals surface area (Å²) in [6, 6.07) is 7.36. The van der Waals surface area contributed by atoms with Gasteiger partial charge in [0.1, 0.15) is 6.26 Å². The van der Waals surface area contributed by atoms with Gasteiger partial charge in [0.2, 0.25) is 0 Å². The maximum atomic E-state index is 12.7. The van der Waals surface area contributed by atoms with Crippen LogP contribution in [0.4, 0.5) is 21.0 Å². The van der Waals surface area contributed by atoms with Crippen LogP contribution in [0.3, 0.4) is 0 Å². The van der Waals surface area contributed by atoms with E-state index in [9.17, 15) is 9.59 Å². The smallest absolute Gasteiger partial charge is 0.321 e. The number of rotatable bonds is 3. The zero-order valence-corrected chi connectivity index (χ0v) is 15.3. The van der Waals surface area contributed by atoms with Crippen LogP contribution in [-0.2, 0) is 0 Å². The van der Waals surface area contributed by atoms with E-state index in [1.807, 2.05) is 36.1 Å². The van der Waals surface area contributed by atoms with Gasteiger partial charge in [0, 0.05) is 49.5 Å². The van der Waals surface area contributed by atoms with E-state index in [2.05, 4.69) is 15.8 Å². The van der Waals surface area contributed by atoms with Crippen LogP contribution in [-0.4, -0.2) is 48.3 Å². The molecule has 4 amide bonds. The molecule has 2 saturated heterocycles.